The molecule has 0 unspecified atom stereocenters. The minimum atomic E-state index is -0.415. The van der Waals surface area contributed by atoms with Gasteiger partial charge in [-0.15, -0.1) is 0 Å². The minimum absolute atomic E-state index is 0.0463. The van der Waals surface area contributed by atoms with Gasteiger partial charge in [0.25, 0.3) is 5.69 Å². The summed E-state index contributed by atoms with van der Waals surface area (Å²) in [6.07, 6.45) is 0. The number of hydrogen-bond donors (Lipinski definition) is 1. The van der Waals surface area contributed by atoms with Crippen molar-refractivity contribution in [2.24, 2.45) is 0 Å². The predicted octanol–water partition coefficient (Wildman–Crippen LogP) is 5.28. The zero-order chi connectivity index (χ0) is 14.7. The van der Waals surface area contributed by atoms with Gasteiger partial charge in [0.15, 0.2) is 0 Å². The number of rotatable bonds is 4. The van der Waals surface area contributed by atoms with Crippen LogP contribution in [0.15, 0.2) is 40.9 Å². The topological polar surface area (TPSA) is 55.2 Å². The Morgan fingerprint density at radius 2 is 1.95 bits per heavy atom. The summed E-state index contributed by atoms with van der Waals surface area (Å²) in [5, 5.41) is 15.1. The SMILES string of the molecule is O=[N+]([O-])c1cc(Br)ccc1CNc1cc(Cl)ccc1Cl. The number of anilines is 1. The lowest BCUT2D eigenvalue weighted by Gasteiger charge is -2.09. The normalized spacial score (nSPS) is 10.3. The average Bonchev–Trinajstić information content (AvgIpc) is 2.40. The molecule has 0 amide bonds. The summed E-state index contributed by atoms with van der Waals surface area (Å²) in [6, 6.07) is 9.93. The number of nitrogens with zero attached hydrogens (tertiary/aromatic N) is 1. The van der Waals surface area contributed by atoms with Crippen molar-refractivity contribution in [2.45, 2.75) is 6.54 Å². The van der Waals surface area contributed by atoms with E-state index in [0.29, 0.717) is 25.8 Å². The first-order chi connectivity index (χ1) is 9.47. The lowest BCUT2D eigenvalue weighted by molar-refractivity contribution is -0.385. The molecule has 0 atom stereocenters. The van der Waals surface area contributed by atoms with E-state index < -0.39 is 4.92 Å². The van der Waals surface area contributed by atoms with E-state index in [1.165, 1.54) is 6.07 Å². The summed E-state index contributed by atoms with van der Waals surface area (Å²) < 4.78 is 0.661. The fourth-order valence-corrected chi connectivity index (χ4v) is 2.39. The van der Waals surface area contributed by atoms with Crippen LogP contribution in [0.2, 0.25) is 10.0 Å². The van der Waals surface area contributed by atoms with Gasteiger partial charge in [-0.2, -0.15) is 0 Å². The minimum Gasteiger partial charge on any atom is -0.379 e. The first kappa shape index (κ1) is 15.1. The van der Waals surface area contributed by atoms with Gasteiger partial charge in [0.2, 0.25) is 0 Å². The summed E-state index contributed by atoms with van der Waals surface area (Å²) in [4.78, 5) is 10.6. The number of nitrogens with one attached hydrogen (secondary N) is 1. The molecule has 2 aromatic rings. The van der Waals surface area contributed by atoms with Crippen LogP contribution < -0.4 is 5.32 Å². The number of benzene rings is 2. The Bertz CT molecular complexity index is 665. The van der Waals surface area contributed by atoms with Gasteiger partial charge in [-0.05, 0) is 30.3 Å². The first-order valence-electron chi connectivity index (χ1n) is 5.59. The molecule has 4 nitrogen and oxygen atoms in total. The third kappa shape index (κ3) is 3.62. The maximum absolute atomic E-state index is 11.0. The second-order valence-corrected chi connectivity index (χ2v) is 5.77. The van der Waals surface area contributed by atoms with Crippen LogP contribution in [-0.2, 0) is 6.54 Å². The van der Waals surface area contributed by atoms with Crippen molar-refractivity contribution in [3.8, 4) is 0 Å². The molecule has 104 valence electrons. The Labute approximate surface area is 134 Å². The van der Waals surface area contributed by atoms with E-state index in [-0.39, 0.29) is 12.2 Å². The van der Waals surface area contributed by atoms with Crippen LogP contribution in [0.3, 0.4) is 0 Å². The van der Waals surface area contributed by atoms with Crippen molar-refractivity contribution in [2.75, 3.05) is 5.32 Å². The molecule has 0 saturated carbocycles. The molecule has 7 heteroatoms. The van der Waals surface area contributed by atoms with E-state index in [1.54, 1.807) is 30.3 Å². The van der Waals surface area contributed by atoms with E-state index in [1.807, 2.05) is 0 Å². The lowest BCUT2D eigenvalue weighted by Crippen LogP contribution is -2.03. The molecule has 0 fully saturated rings. The summed E-state index contributed by atoms with van der Waals surface area (Å²) in [7, 11) is 0. The summed E-state index contributed by atoms with van der Waals surface area (Å²) in [6.45, 7) is 0.281. The van der Waals surface area contributed by atoms with Crippen molar-refractivity contribution in [3.05, 3.63) is 66.6 Å². The first-order valence-corrected chi connectivity index (χ1v) is 7.14. The number of halogens is 3. The summed E-state index contributed by atoms with van der Waals surface area (Å²) in [5.74, 6) is 0. The highest BCUT2D eigenvalue weighted by Crippen LogP contribution is 2.28. The predicted molar refractivity (Wildman–Crippen MR) is 84.6 cm³/mol. The smallest absolute Gasteiger partial charge is 0.275 e. The molecule has 0 spiro atoms. The zero-order valence-corrected chi connectivity index (χ0v) is 13.2. The molecule has 0 aliphatic heterocycles. The largest absolute Gasteiger partial charge is 0.379 e. The van der Waals surface area contributed by atoms with Crippen molar-refractivity contribution in [1.82, 2.24) is 0 Å². The van der Waals surface area contributed by atoms with Crippen LogP contribution in [0.1, 0.15) is 5.56 Å². The van der Waals surface area contributed by atoms with Crippen molar-refractivity contribution < 1.29 is 4.92 Å². The van der Waals surface area contributed by atoms with Crippen molar-refractivity contribution >= 4 is 50.5 Å². The third-order valence-electron chi connectivity index (χ3n) is 2.64. The fraction of sp³-hybridized carbons (Fsp3) is 0.0769. The zero-order valence-electron chi connectivity index (χ0n) is 10.1. The van der Waals surface area contributed by atoms with Crippen LogP contribution in [0, 0.1) is 10.1 Å². The number of nitro groups is 1. The Morgan fingerprint density at radius 3 is 2.65 bits per heavy atom. The maximum Gasteiger partial charge on any atom is 0.275 e. The highest BCUT2D eigenvalue weighted by molar-refractivity contribution is 9.10. The van der Waals surface area contributed by atoms with Crippen LogP contribution >= 0.6 is 39.1 Å². The molecule has 0 aliphatic carbocycles. The van der Waals surface area contributed by atoms with Crippen LogP contribution in [0.25, 0.3) is 0 Å². The second kappa shape index (κ2) is 6.43. The Morgan fingerprint density at radius 1 is 1.20 bits per heavy atom. The van der Waals surface area contributed by atoms with Crippen LogP contribution in [-0.4, -0.2) is 4.92 Å². The molecule has 2 rings (SSSR count). The highest BCUT2D eigenvalue weighted by atomic mass is 79.9. The Hall–Kier alpha value is -1.30. The molecular weight excluding hydrogens is 367 g/mol. The molecule has 0 aliphatic rings. The van der Waals surface area contributed by atoms with Gasteiger partial charge in [-0.1, -0.05) is 39.1 Å². The van der Waals surface area contributed by atoms with E-state index >= 15 is 0 Å². The van der Waals surface area contributed by atoms with Gasteiger partial charge in [0, 0.05) is 27.7 Å². The van der Waals surface area contributed by atoms with Gasteiger partial charge < -0.3 is 5.32 Å². The molecule has 2 aromatic carbocycles. The van der Waals surface area contributed by atoms with Crippen molar-refractivity contribution in [1.29, 1.82) is 0 Å². The van der Waals surface area contributed by atoms with Gasteiger partial charge in [-0.25, -0.2) is 0 Å². The molecule has 20 heavy (non-hydrogen) atoms. The molecule has 1 N–H and O–H groups in total. The third-order valence-corrected chi connectivity index (χ3v) is 3.70. The maximum atomic E-state index is 11.0. The summed E-state index contributed by atoms with van der Waals surface area (Å²) >= 11 is 15.1. The standard InChI is InChI=1S/C13H9BrCl2N2O2/c14-9-2-1-8(13(5-9)18(19)20)7-17-12-6-10(15)3-4-11(12)16/h1-6,17H,7H2. The van der Waals surface area contributed by atoms with Gasteiger partial charge in [0.1, 0.15) is 0 Å². The van der Waals surface area contributed by atoms with Gasteiger partial charge in [0.05, 0.1) is 15.6 Å². The van der Waals surface area contributed by atoms with Crippen LogP contribution in [0.5, 0.6) is 0 Å². The fourth-order valence-electron chi connectivity index (χ4n) is 1.68. The highest BCUT2D eigenvalue weighted by Gasteiger charge is 2.14. The molecule has 0 heterocycles. The Balaban J connectivity index is 2.23. The summed E-state index contributed by atoms with van der Waals surface area (Å²) in [5.41, 5.74) is 1.25. The average molecular weight is 376 g/mol. The van der Waals surface area contributed by atoms with Gasteiger partial charge in [-0.3, -0.25) is 10.1 Å². The Kier molecular flexibility index (Phi) is 4.86. The molecule has 0 aromatic heterocycles. The number of hydrogen-bond acceptors (Lipinski definition) is 3. The van der Waals surface area contributed by atoms with Crippen molar-refractivity contribution in [3.63, 3.8) is 0 Å². The van der Waals surface area contributed by atoms with E-state index in [4.69, 9.17) is 23.2 Å². The van der Waals surface area contributed by atoms with E-state index in [9.17, 15) is 10.1 Å². The second-order valence-electron chi connectivity index (χ2n) is 4.01. The molecular formula is C13H9BrCl2N2O2. The van der Waals surface area contributed by atoms with E-state index in [0.717, 1.165) is 0 Å². The van der Waals surface area contributed by atoms with Crippen LogP contribution in [0.4, 0.5) is 11.4 Å². The van der Waals surface area contributed by atoms with E-state index in [2.05, 4.69) is 21.2 Å². The monoisotopic (exact) mass is 374 g/mol. The lowest BCUT2D eigenvalue weighted by atomic mass is 10.2. The molecule has 0 bridgehead atoms. The van der Waals surface area contributed by atoms with Gasteiger partial charge >= 0.3 is 0 Å². The number of nitro benzene ring substituents is 1. The molecule has 0 saturated heterocycles. The quantitative estimate of drug-likeness (QED) is 0.584. The molecule has 0 radical (unpaired) electrons.